The number of ketones is 1. The number of hydrogen-bond donors (Lipinski definition) is 1. The van der Waals surface area contributed by atoms with Gasteiger partial charge in [0.05, 0.1) is 18.4 Å². The molecule has 1 aliphatic carbocycles. The smallest absolute Gasteiger partial charge is 0.306 e. The van der Waals surface area contributed by atoms with Gasteiger partial charge in [0.25, 0.3) is 0 Å². The zero-order valence-corrected chi connectivity index (χ0v) is 11.4. The van der Waals surface area contributed by atoms with Crippen molar-refractivity contribution in [1.29, 1.82) is 0 Å². The summed E-state index contributed by atoms with van der Waals surface area (Å²) in [7, 11) is 0. The first kappa shape index (κ1) is 13.8. The molecule has 1 N–H and O–H groups in total. The average molecular weight is 284 g/mol. The van der Waals surface area contributed by atoms with Crippen LogP contribution in [0, 0.1) is 11.8 Å². The number of carbonyl (C=O) groups is 2. The van der Waals surface area contributed by atoms with E-state index >= 15 is 0 Å². The maximum absolute atomic E-state index is 12.4. The van der Waals surface area contributed by atoms with E-state index in [4.69, 9.17) is 4.74 Å². The number of benzene rings is 1. The summed E-state index contributed by atoms with van der Waals surface area (Å²) < 4.78 is 5.14. The van der Waals surface area contributed by atoms with Gasteiger partial charge in [-0.1, -0.05) is 42.5 Å². The van der Waals surface area contributed by atoms with Gasteiger partial charge < -0.3 is 9.84 Å². The predicted molar refractivity (Wildman–Crippen MR) is 77.1 cm³/mol. The van der Waals surface area contributed by atoms with Gasteiger partial charge in [-0.2, -0.15) is 0 Å². The number of allylic oxidation sites excluding steroid dienone is 1. The van der Waals surface area contributed by atoms with E-state index in [0.717, 1.165) is 5.56 Å². The summed E-state index contributed by atoms with van der Waals surface area (Å²) in [6, 6.07) is 9.47. The van der Waals surface area contributed by atoms with Gasteiger partial charge in [0.2, 0.25) is 0 Å². The van der Waals surface area contributed by atoms with Crippen molar-refractivity contribution >= 4 is 17.8 Å². The number of carbonyl (C=O) groups excluding carboxylic acids is 2. The number of fused-ring (bicyclic) bond motifs is 1. The third-order valence-corrected chi connectivity index (χ3v) is 3.99. The Morgan fingerprint density at radius 2 is 2.00 bits per heavy atom. The molecule has 1 aliphatic heterocycles. The molecule has 4 unspecified atom stereocenters. The molecule has 0 aromatic heterocycles. The number of esters is 1. The first-order valence-corrected chi connectivity index (χ1v) is 6.98. The van der Waals surface area contributed by atoms with Crippen LogP contribution >= 0.6 is 0 Å². The minimum atomic E-state index is -0.867. The van der Waals surface area contributed by atoms with Crippen molar-refractivity contribution in [3.63, 3.8) is 0 Å². The second-order valence-corrected chi connectivity index (χ2v) is 5.37. The molecule has 1 aromatic carbocycles. The molecule has 108 valence electrons. The van der Waals surface area contributed by atoms with Crippen molar-refractivity contribution in [3.8, 4) is 0 Å². The van der Waals surface area contributed by atoms with Crippen LogP contribution in [0.2, 0.25) is 0 Å². The fourth-order valence-corrected chi connectivity index (χ4v) is 2.94. The summed E-state index contributed by atoms with van der Waals surface area (Å²) >= 11 is 0. The summed E-state index contributed by atoms with van der Waals surface area (Å²) in [4.78, 5) is 23.8. The maximum atomic E-state index is 12.4. The first-order chi connectivity index (χ1) is 10.1. The summed E-state index contributed by atoms with van der Waals surface area (Å²) in [5.41, 5.74) is 0.919. The highest BCUT2D eigenvalue weighted by Gasteiger charge is 2.46. The minimum Gasteiger partial charge on any atom is -0.458 e. The average Bonchev–Trinajstić information content (AvgIpc) is 2.86. The second-order valence-electron chi connectivity index (χ2n) is 5.37. The Bertz CT molecular complexity index is 602. The molecule has 1 saturated heterocycles. The Kier molecular flexibility index (Phi) is 3.71. The van der Waals surface area contributed by atoms with Gasteiger partial charge in [-0.05, 0) is 17.7 Å². The van der Waals surface area contributed by atoms with Gasteiger partial charge in [-0.3, -0.25) is 9.59 Å². The van der Waals surface area contributed by atoms with E-state index in [1.54, 1.807) is 18.2 Å². The third kappa shape index (κ3) is 2.81. The normalized spacial score (nSPS) is 31.2. The zero-order valence-electron chi connectivity index (χ0n) is 11.4. The summed E-state index contributed by atoms with van der Waals surface area (Å²) in [5.74, 6) is -1.38. The lowest BCUT2D eigenvalue weighted by Crippen LogP contribution is -2.39. The molecule has 1 heterocycles. The molecule has 0 amide bonds. The number of aliphatic hydroxyl groups is 1. The second kappa shape index (κ2) is 5.66. The van der Waals surface area contributed by atoms with Crippen molar-refractivity contribution in [2.75, 3.05) is 0 Å². The van der Waals surface area contributed by atoms with E-state index in [1.807, 2.05) is 30.3 Å². The first-order valence-electron chi connectivity index (χ1n) is 6.98. The SMILES string of the molecule is O=C1CC2C(C=CC(O)C2C(=O)C=Cc2ccccc2)O1. The zero-order chi connectivity index (χ0) is 14.8. The van der Waals surface area contributed by atoms with Crippen molar-refractivity contribution in [1.82, 2.24) is 0 Å². The number of aliphatic hydroxyl groups excluding tert-OH is 1. The third-order valence-electron chi connectivity index (χ3n) is 3.99. The van der Waals surface area contributed by atoms with E-state index < -0.39 is 12.0 Å². The monoisotopic (exact) mass is 284 g/mol. The van der Waals surface area contributed by atoms with E-state index in [1.165, 1.54) is 6.08 Å². The molecule has 4 heteroatoms. The maximum Gasteiger partial charge on any atom is 0.306 e. The van der Waals surface area contributed by atoms with Crippen LogP contribution in [0.1, 0.15) is 12.0 Å². The molecular weight excluding hydrogens is 268 g/mol. The Morgan fingerprint density at radius 3 is 2.76 bits per heavy atom. The lowest BCUT2D eigenvalue weighted by Gasteiger charge is -2.29. The molecule has 2 aliphatic rings. The topological polar surface area (TPSA) is 63.6 Å². The molecule has 0 saturated carbocycles. The predicted octanol–water partition coefficient (Wildman–Crippen LogP) is 1.75. The van der Waals surface area contributed by atoms with Crippen LogP contribution in [0.4, 0.5) is 0 Å². The van der Waals surface area contributed by atoms with Gasteiger partial charge in [0.15, 0.2) is 5.78 Å². The van der Waals surface area contributed by atoms with Gasteiger partial charge in [0, 0.05) is 5.92 Å². The van der Waals surface area contributed by atoms with Crippen molar-refractivity contribution in [2.45, 2.75) is 18.6 Å². The molecule has 1 fully saturated rings. The lowest BCUT2D eigenvalue weighted by atomic mass is 9.76. The molecule has 0 bridgehead atoms. The van der Waals surface area contributed by atoms with Crippen LogP contribution in [0.5, 0.6) is 0 Å². The van der Waals surface area contributed by atoms with E-state index in [2.05, 4.69) is 0 Å². The van der Waals surface area contributed by atoms with Crippen molar-refractivity contribution in [2.24, 2.45) is 11.8 Å². The highest BCUT2D eigenvalue weighted by atomic mass is 16.5. The lowest BCUT2D eigenvalue weighted by molar-refractivity contribution is -0.140. The van der Waals surface area contributed by atoms with Crippen LogP contribution < -0.4 is 0 Å². The molecule has 4 atom stereocenters. The molecule has 21 heavy (non-hydrogen) atoms. The van der Waals surface area contributed by atoms with Gasteiger partial charge in [-0.25, -0.2) is 0 Å². The van der Waals surface area contributed by atoms with Crippen LogP contribution in [0.25, 0.3) is 6.08 Å². The fourth-order valence-electron chi connectivity index (χ4n) is 2.94. The van der Waals surface area contributed by atoms with Gasteiger partial charge in [-0.15, -0.1) is 0 Å². The van der Waals surface area contributed by atoms with Gasteiger partial charge in [0.1, 0.15) is 6.10 Å². The van der Waals surface area contributed by atoms with Gasteiger partial charge >= 0.3 is 5.97 Å². The molecule has 3 rings (SSSR count). The summed E-state index contributed by atoms with van der Waals surface area (Å²) in [6.45, 7) is 0. The number of rotatable bonds is 3. The number of hydrogen-bond acceptors (Lipinski definition) is 4. The van der Waals surface area contributed by atoms with E-state index in [0.29, 0.717) is 0 Å². The minimum absolute atomic E-state index is 0.177. The van der Waals surface area contributed by atoms with Crippen LogP contribution in [0.3, 0.4) is 0 Å². The quantitative estimate of drug-likeness (QED) is 0.522. The summed E-state index contributed by atoms with van der Waals surface area (Å²) in [5, 5.41) is 10.1. The van der Waals surface area contributed by atoms with E-state index in [-0.39, 0.29) is 30.2 Å². The molecule has 1 aromatic rings. The Hall–Kier alpha value is -2.20. The Labute approximate surface area is 122 Å². The summed E-state index contributed by atoms with van der Waals surface area (Å²) in [6.07, 6.45) is 5.33. The molecular formula is C17H16O4. The Morgan fingerprint density at radius 1 is 1.24 bits per heavy atom. The highest BCUT2D eigenvalue weighted by molar-refractivity contribution is 5.96. The highest BCUT2D eigenvalue weighted by Crippen LogP contribution is 2.36. The van der Waals surface area contributed by atoms with Crippen LogP contribution in [-0.4, -0.2) is 29.1 Å². The Balaban J connectivity index is 1.78. The fraction of sp³-hybridized carbons (Fsp3) is 0.294. The van der Waals surface area contributed by atoms with Crippen LogP contribution in [-0.2, 0) is 14.3 Å². The number of ether oxygens (including phenoxy) is 1. The largest absolute Gasteiger partial charge is 0.458 e. The molecule has 0 spiro atoms. The molecule has 0 radical (unpaired) electrons. The van der Waals surface area contributed by atoms with Crippen molar-refractivity contribution in [3.05, 3.63) is 54.1 Å². The standard InChI is InChI=1S/C17H16O4/c18-13(7-6-11-4-2-1-3-5-11)17-12-10-16(20)21-15(12)9-8-14(17)19/h1-9,12,14-15,17,19H,10H2. The van der Waals surface area contributed by atoms with Crippen LogP contribution in [0.15, 0.2) is 48.6 Å². The molecule has 4 nitrogen and oxygen atoms in total. The van der Waals surface area contributed by atoms with Crippen molar-refractivity contribution < 1.29 is 19.4 Å². The van der Waals surface area contributed by atoms with E-state index in [9.17, 15) is 14.7 Å².